The van der Waals surface area contributed by atoms with Crippen LogP contribution in [0.1, 0.15) is 0 Å². The molecule has 0 unspecified atom stereocenters. The van der Waals surface area contributed by atoms with Gasteiger partial charge in [-0.15, -0.1) is 0 Å². The quantitative estimate of drug-likeness (QED) is 0.562. The van der Waals surface area contributed by atoms with E-state index in [2.05, 4.69) is 0 Å². The molecule has 0 aromatic heterocycles. The molecule has 6 heavy (non-hydrogen) atoms. The summed E-state index contributed by atoms with van der Waals surface area (Å²) in [4.78, 5) is 0. The van der Waals surface area contributed by atoms with Crippen molar-refractivity contribution in [2.24, 2.45) is 0 Å². The molecule has 0 heterocycles. The van der Waals surface area contributed by atoms with Crippen molar-refractivity contribution in [2.75, 3.05) is 0 Å². The molecule has 3 N–H and O–H groups in total. The van der Waals surface area contributed by atoms with Crippen LogP contribution in [0.3, 0.4) is 0 Å². The first-order valence-corrected chi connectivity index (χ1v) is 5.59. The van der Waals surface area contributed by atoms with Crippen LogP contribution in [-0.2, 0) is 26.5 Å². The maximum atomic E-state index is 8.76. The van der Waals surface area contributed by atoms with Crippen molar-refractivity contribution in [3.05, 3.63) is 0 Å². The van der Waals surface area contributed by atoms with Gasteiger partial charge in [-0.25, -0.2) is 0 Å². The molecule has 0 radical (unpaired) electrons. The van der Waals surface area contributed by atoms with E-state index in [0.29, 0.717) is 0 Å². The van der Waals surface area contributed by atoms with Gasteiger partial charge >= 0.3 is 30.3 Å². The minimum absolute atomic E-state index is 0. The van der Waals surface area contributed by atoms with E-state index in [1.54, 1.807) is 0 Å². The van der Waals surface area contributed by atoms with Crippen molar-refractivity contribution in [3.8, 4) is 0 Å². The van der Waals surface area contributed by atoms with Crippen LogP contribution in [0.2, 0.25) is 0 Å². The molecule has 0 amide bonds. The molecule has 0 atom stereocenters. The molecule has 0 spiro atoms. The summed E-state index contributed by atoms with van der Waals surface area (Å²) in [6.07, 6.45) is 0. The van der Waals surface area contributed by atoms with Crippen LogP contribution in [0.5, 0.6) is 0 Å². The Morgan fingerprint density at radius 2 is 1.17 bits per heavy atom. The van der Waals surface area contributed by atoms with E-state index in [1.165, 1.54) is 0 Å². The first-order valence-electron chi connectivity index (χ1n) is 0.683. The summed E-state index contributed by atoms with van der Waals surface area (Å²) in [5.41, 5.74) is 0. The normalized spacial score (nSPS) is 9.50. The average Bonchev–Trinajstić information content (AvgIpc) is 0.722. The summed E-state index contributed by atoms with van der Waals surface area (Å²) in [6.45, 7) is 0. The number of hydrogen-bond donors (Lipinski definition) is 1. The van der Waals surface area contributed by atoms with E-state index in [4.69, 9.17) is 14.0 Å². The standard InChI is InChI=1S/2H2O.3O.W/h2*1H2;;;;/q;;;;;+1/p-1. The summed E-state index contributed by atoms with van der Waals surface area (Å²) in [6, 6.07) is 0. The molecule has 0 rings (SSSR count). The van der Waals surface area contributed by atoms with Crippen molar-refractivity contribution in [2.45, 2.75) is 0 Å². The van der Waals surface area contributed by atoms with Crippen molar-refractivity contribution >= 4 is 0 Å². The third kappa shape index (κ3) is 525000. The molecule has 0 fully saturated rings. The SMILES string of the molecule is O.[O]=[W](=[O])(=[O])[OH]. The van der Waals surface area contributed by atoms with Crippen LogP contribution < -0.4 is 0 Å². The van der Waals surface area contributed by atoms with Gasteiger partial charge in [-0.2, -0.15) is 0 Å². The molecule has 0 aromatic rings. The van der Waals surface area contributed by atoms with Crippen LogP contribution in [0.25, 0.3) is 0 Å². The zero-order chi connectivity index (χ0) is 4.50. The molecule has 0 aliphatic rings. The molecule has 5 nitrogen and oxygen atoms in total. The van der Waals surface area contributed by atoms with E-state index in [0.717, 1.165) is 0 Å². The first-order chi connectivity index (χ1) is 2.00. The molecule has 0 bridgehead atoms. The molecular formula is H3O5W. The van der Waals surface area contributed by atoms with Crippen LogP contribution in [0, 0.1) is 0 Å². The van der Waals surface area contributed by atoms with Gasteiger partial charge in [-0.3, -0.25) is 0 Å². The van der Waals surface area contributed by atoms with Gasteiger partial charge in [0, 0.05) is 0 Å². The van der Waals surface area contributed by atoms with Gasteiger partial charge in [0.05, 0.1) is 0 Å². The topological polar surface area (TPSA) is 103 Å². The predicted octanol–water partition coefficient (Wildman–Crippen LogP) is -1.74. The monoisotopic (exact) mass is 267 g/mol. The summed E-state index contributed by atoms with van der Waals surface area (Å²) < 4.78 is 33.3. The number of hydrogen-bond acceptors (Lipinski definition) is 3. The van der Waals surface area contributed by atoms with Gasteiger partial charge in [-0.05, 0) is 0 Å². The van der Waals surface area contributed by atoms with Gasteiger partial charge in [0.1, 0.15) is 0 Å². The van der Waals surface area contributed by atoms with E-state index in [9.17, 15) is 0 Å². The average molecular weight is 267 g/mol. The minimum atomic E-state index is -5.92. The van der Waals surface area contributed by atoms with Crippen molar-refractivity contribution in [3.63, 3.8) is 0 Å². The van der Waals surface area contributed by atoms with Crippen molar-refractivity contribution in [1.82, 2.24) is 0 Å². The van der Waals surface area contributed by atoms with E-state index in [1.807, 2.05) is 0 Å². The Kier molecular flexibility index (Phi) is 3.48. The summed E-state index contributed by atoms with van der Waals surface area (Å²) in [5.74, 6) is 0. The first kappa shape index (κ1) is 9.38. The Morgan fingerprint density at radius 3 is 1.17 bits per heavy atom. The van der Waals surface area contributed by atoms with Crippen LogP contribution in [0.4, 0.5) is 0 Å². The summed E-state index contributed by atoms with van der Waals surface area (Å²) in [7, 11) is 0. The molecule has 0 saturated carbocycles. The van der Waals surface area contributed by atoms with E-state index < -0.39 is 16.3 Å². The Balaban J connectivity index is 0. The zero-order valence-corrected chi connectivity index (χ0v) is 5.51. The van der Waals surface area contributed by atoms with Gasteiger partial charge in [0.15, 0.2) is 0 Å². The molecular weight excluding hydrogens is 264 g/mol. The third-order valence-corrected chi connectivity index (χ3v) is 0. The van der Waals surface area contributed by atoms with Gasteiger partial charge in [-0.1, -0.05) is 0 Å². The molecule has 0 aliphatic heterocycles. The molecule has 0 saturated heterocycles. The zero-order valence-electron chi connectivity index (χ0n) is 2.58. The van der Waals surface area contributed by atoms with Gasteiger partial charge < -0.3 is 5.48 Å². The molecule has 39 valence electrons. The third-order valence-electron chi connectivity index (χ3n) is 0. The van der Waals surface area contributed by atoms with Crippen molar-refractivity contribution < 1.29 is 35.8 Å². The number of rotatable bonds is 0. The second-order valence-corrected chi connectivity index (χ2v) is 3.50. The van der Waals surface area contributed by atoms with Crippen LogP contribution in [0.15, 0.2) is 0 Å². The Bertz CT molecular complexity index is 125. The molecule has 6 heteroatoms. The van der Waals surface area contributed by atoms with Crippen LogP contribution >= 0.6 is 0 Å². The fourth-order valence-corrected chi connectivity index (χ4v) is 0. The van der Waals surface area contributed by atoms with Crippen LogP contribution in [-0.4, -0.2) is 9.24 Å². The Hall–Kier alpha value is 0.00831. The predicted molar refractivity (Wildman–Crippen MR) is 7.89 cm³/mol. The maximum absolute atomic E-state index is 8.76. The fraction of sp³-hybridized carbons (Fsp3) is 0. The Morgan fingerprint density at radius 1 is 1.17 bits per heavy atom. The summed E-state index contributed by atoms with van der Waals surface area (Å²) in [5, 5.41) is 0. The second-order valence-electron chi connectivity index (χ2n) is 0.428. The fourth-order valence-electron chi connectivity index (χ4n) is 0. The van der Waals surface area contributed by atoms with E-state index in [-0.39, 0.29) is 5.48 Å². The Labute approximate surface area is 36.5 Å². The van der Waals surface area contributed by atoms with E-state index >= 15 is 0 Å². The van der Waals surface area contributed by atoms with Gasteiger partial charge in [0.25, 0.3) is 0 Å². The molecule has 0 aliphatic carbocycles. The second kappa shape index (κ2) is 2.23. The van der Waals surface area contributed by atoms with Crippen molar-refractivity contribution in [1.29, 1.82) is 0 Å². The van der Waals surface area contributed by atoms with Gasteiger partial charge in [0.2, 0.25) is 0 Å². The molecule has 0 aromatic carbocycles. The summed E-state index contributed by atoms with van der Waals surface area (Å²) >= 11 is -5.92.